The molecule has 1 unspecified atom stereocenters. The van der Waals surface area contributed by atoms with E-state index >= 15 is 0 Å². The Labute approximate surface area is 259 Å². The highest BCUT2D eigenvalue weighted by molar-refractivity contribution is 7.57. The van der Waals surface area contributed by atoms with Crippen molar-refractivity contribution in [3.05, 3.63) is 64.3 Å². The maximum atomic E-state index is 14.1. The Morgan fingerprint density at radius 3 is 2.49 bits per heavy atom. The van der Waals surface area contributed by atoms with Crippen LogP contribution in [0.5, 0.6) is 5.75 Å². The minimum atomic E-state index is -4.78. The number of benzene rings is 2. The molecule has 14 heteroatoms. The molecule has 3 aromatic rings. The molecule has 5 rings (SSSR count). The van der Waals surface area contributed by atoms with E-state index in [0.29, 0.717) is 54.8 Å². The molecule has 1 amide bonds. The van der Waals surface area contributed by atoms with Crippen LogP contribution in [0.25, 0.3) is 0 Å². The lowest BCUT2D eigenvalue weighted by molar-refractivity contribution is -0.137. The molecular formula is C31H37F3N5O5P. The lowest BCUT2D eigenvalue weighted by Gasteiger charge is -2.27. The van der Waals surface area contributed by atoms with Gasteiger partial charge in [0.25, 0.3) is 5.91 Å². The van der Waals surface area contributed by atoms with Crippen molar-refractivity contribution in [3.63, 3.8) is 0 Å². The number of nitrogens with zero attached hydrogens (tertiary/aromatic N) is 3. The number of hydrogen-bond acceptors (Lipinski definition) is 9. The second kappa shape index (κ2) is 13.0. The minimum absolute atomic E-state index is 0.135. The van der Waals surface area contributed by atoms with Crippen LogP contribution in [-0.4, -0.2) is 59.4 Å². The van der Waals surface area contributed by atoms with Crippen molar-refractivity contribution < 1.29 is 36.9 Å². The Morgan fingerprint density at radius 2 is 1.82 bits per heavy atom. The fourth-order valence-electron chi connectivity index (χ4n) is 6.03. The van der Waals surface area contributed by atoms with E-state index in [1.165, 1.54) is 12.0 Å². The molecule has 1 atom stereocenters. The number of aliphatic hydroxyl groups is 1. The third-order valence-corrected chi connectivity index (χ3v) is 9.92. The molecule has 1 aliphatic carbocycles. The molecule has 1 aromatic heterocycles. The Bertz CT molecular complexity index is 1630. The van der Waals surface area contributed by atoms with Gasteiger partial charge in [-0.25, -0.2) is 4.98 Å². The van der Waals surface area contributed by atoms with E-state index in [4.69, 9.17) is 9.26 Å². The second-order valence-corrected chi connectivity index (χ2v) is 14.2. The first-order valence-electron chi connectivity index (χ1n) is 14.7. The predicted octanol–water partition coefficient (Wildman–Crippen LogP) is 7.04. The predicted molar refractivity (Wildman–Crippen MR) is 165 cm³/mol. The van der Waals surface area contributed by atoms with Crippen LogP contribution in [0.1, 0.15) is 71.1 Å². The van der Waals surface area contributed by atoms with Gasteiger partial charge in [0.15, 0.2) is 0 Å². The highest BCUT2D eigenvalue weighted by Crippen LogP contribution is 2.47. The fourth-order valence-corrected chi connectivity index (χ4v) is 7.53. The van der Waals surface area contributed by atoms with E-state index in [9.17, 15) is 27.6 Å². The summed E-state index contributed by atoms with van der Waals surface area (Å²) in [7, 11) is 0.224. The SMILES string of the molecule is CCOP(C)(=O)Cc1ccc(Nc2ncc(C(F)(F)F)c(Nc3ccc([C@H]4CC[C@H](O)CC4)c4c3C(=O)N(C)C4)n2)c(OC)c1. The fraction of sp³-hybridized carbons (Fsp3) is 0.452. The summed E-state index contributed by atoms with van der Waals surface area (Å²) in [5.74, 6) is -0.445. The first-order valence-corrected chi connectivity index (χ1v) is 17.0. The largest absolute Gasteiger partial charge is 0.495 e. The molecule has 1 saturated carbocycles. The van der Waals surface area contributed by atoms with Crippen LogP contribution < -0.4 is 15.4 Å². The molecule has 1 aliphatic heterocycles. The molecule has 2 aliphatic rings. The maximum absolute atomic E-state index is 14.1. The van der Waals surface area contributed by atoms with E-state index < -0.39 is 24.9 Å². The number of halogens is 3. The summed E-state index contributed by atoms with van der Waals surface area (Å²) in [4.78, 5) is 22.9. The van der Waals surface area contributed by atoms with Crippen LogP contribution in [0.4, 0.5) is 36.3 Å². The molecule has 0 bridgehead atoms. The number of hydrogen-bond donors (Lipinski definition) is 3. The summed E-state index contributed by atoms with van der Waals surface area (Å²) < 4.78 is 65.9. The van der Waals surface area contributed by atoms with Crippen molar-refractivity contribution in [1.82, 2.24) is 14.9 Å². The molecule has 242 valence electrons. The number of anilines is 4. The van der Waals surface area contributed by atoms with Crippen LogP contribution in [0.15, 0.2) is 36.5 Å². The van der Waals surface area contributed by atoms with Gasteiger partial charge in [-0.2, -0.15) is 18.2 Å². The molecule has 1 fully saturated rings. The van der Waals surface area contributed by atoms with Crippen molar-refractivity contribution in [2.75, 3.05) is 38.1 Å². The first-order chi connectivity index (χ1) is 21.3. The highest BCUT2D eigenvalue weighted by atomic mass is 31.2. The van der Waals surface area contributed by atoms with Gasteiger partial charge in [0.1, 0.15) is 17.1 Å². The molecule has 0 radical (unpaired) electrons. The summed E-state index contributed by atoms with van der Waals surface area (Å²) in [5, 5.41) is 15.7. The zero-order valence-electron chi connectivity index (χ0n) is 25.6. The van der Waals surface area contributed by atoms with E-state index in [1.807, 2.05) is 6.07 Å². The zero-order valence-corrected chi connectivity index (χ0v) is 26.5. The third-order valence-electron chi connectivity index (χ3n) is 8.17. The number of rotatable bonds is 10. The molecule has 2 heterocycles. The Morgan fingerprint density at radius 1 is 1.11 bits per heavy atom. The van der Waals surface area contributed by atoms with Gasteiger partial charge in [0, 0.05) is 32.6 Å². The quantitative estimate of drug-likeness (QED) is 0.199. The summed E-state index contributed by atoms with van der Waals surface area (Å²) in [6.07, 6.45) is -1.38. The topological polar surface area (TPSA) is 126 Å². The molecule has 0 saturated heterocycles. The molecule has 45 heavy (non-hydrogen) atoms. The van der Waals surface area contributed by atoms with Crippen molar-refractivity contribution >= 4 is 36.4 Å². The molecular weight excluding hydrogens is 610 g/mol. The van der Waals surface area contributed by atoms with E-state index in [-0.39, 0.29) is 35.7 Å². The standard InChI is InChI=1S/C31H37F3N5O5P/c1-5-44-45(4,42)17-18-6-12-24(26(14-18)43-3)37-30-35-15-23(31(32,33)34)28(38-30)36-25-13-11-21(19-7-9-20(40)10-8-19)22-16-39(2)29(41)27(22)25/h6,11-15,19-20,40H,5,7-10,16-17H2,1-4H3,(H2,35,36,37,38)/t19-,20-,45?. The average molecular weight is 648 g/mol. The van der Waals surface area contributed by atoms with Gasteiger partial charge in [-0.1, -0.05) is 12.1 Å². The van der Waals surface area contributed by atoms with Gasteiger partial charge >= 0.3 is 6.18 Å². The second-order valence-electron chi connectivity index (χ2n) is 11.6. The van der Waals surface area contributed by atoms with Gasteiger partial charge < -0.3 is 29.9 Å². The van der Waals surface area contributed by atoms with E-state index in [1.54, 1.807) is 44.9 Å². The van der Waals surface area contributed by atoms with Crippen LogP contribution in [0.2, 0.25) is 0 Å². The Hall–Kier alpha value is -3.67. The van der Waals surface area contributed by atoms with Crippen LogP contribution in [0.3, 0.4) is 0 Å². The van der Waals surface area contributed by atoms with Crippen molar-refractivity contribution in [3.8, 4) is 5.75 Å². The van der Waals surface area contributed by atoms with Crippen LogP contribution in [0, 0.1) is 0 Å². The Kier molecular flexibility index (Phi) is 9.44. The first kappa shape index (κ1) is 32.7. The molecule has 10 nitrogen and oxygen atoms in total. The normalized spacial score (nSPS) is 19.6. The van der Waals surface area contributed by atoms with Gasteiger partial charge in [0.05, 0.1) is 36.8 Å². The van der Waals surface area contributed by atoms with Gasteiger partial charge in [-0.3, -0.25) is 9.36 Å². The van der Waals surface area contributed by atoms with Gasteiger partial charge in [-0.15, -0.1) is 0 Å². The highest BCUT2D eigenvalue weighted by Gasteiger charge is 2.37. The smallest absolute Gasteiger partial charge is 0.421 e. The number of ether oxygens (including phenoxy) is 1. The number of aromatic nitrogens is 2. The van der Waals surface area contributed by atoms with Gasteiger partial charge in [0.2, 0.25) is 13.3 Å². The summed E-state index contributed by atoms with van der Waals surface area (Å²) >= 11 is 0. The number of nitrogens with one attached hydrogen (secondary N) is 2. The van der Waals surface area contributed by atoms with Crippen LogP contribution in [-0.2, 0) is 28.0 Å². The average Bonchev–Trinajstić information content (AvgIpc) is 3.28. The maximum Gasteiger partial charge on any atom is 0.421 e. The number of fused-ring (bicyclic) bond motifs is 1. The zero-order chi connectivity index (χ0) is 32.5. The monoisotopic (exact) mass is 647 g/mol. The Balaban J connectivity index is 1.47. The number of amides is 1. The van der Waals surface area contributed by atoms with E-state index in [0.717, 1.165) is 24.0 Å². The molecule has 0 spiro atoms. The minimum Gasteiger partial charge on any atom is -0.495 e. The van der Waals surface area contributed by atoms with E-state index in [2.05, 4.69) is 20.6 Å². The van der Waals surface area contributed by atoms with Crippen LogP contribution >= 0.6 is 7.37 Å². The number of methoxy groups -OCH3 is 1. The van der Waals surface area contributed by atoms with Crippen molar-refractivity contribution in [1.29, 1.82) is 0 Å². The van der Waals surface area contributed by atoms with Crippen molar-refractivity contribution in [2.45, 2.75) is 63.5 Å². The third kappa shape index (κ3) is 7.26. The summed E-state index contributed by atoms with van der Waals surface area (Å²) in [6, 6.07) is 8.50. The number of alkyl halides is 3. The van der Waals surface area contributed by atoms with Crippen molar-refractivity contribution in [2.24, 2.45) is 0 Å². The van der Waals surface area contributed by atoms with Gasteiger partial charge in [-0.05, 0) is 73.4 Å². The number of carbonyl (C=O) groups excluding carboxylic acids is 1. The molecule has 2 aromatic carbocycles. The molecule has 3 N–H and O–H groups in total. The number of aliphatic hydroxyl groups excluding tert-OH is 1. The summed E-state index contributed by atoms with van der Waals surface area (Å²) in [6.45, 7) is 3.97. The number of carbonyl (C=O) groups is 1. The lowest BCUT2D eigenvalue weighted by atomic mass is 9.80. The lowest BCUT2D eigenvalue weighted by Crippen LogP contribution is -2.18. The summed E-state index contributed by atoms with van der Waals surface area (Å²) in [5.41, 5.74) is 2.29.